The Hall–Kier alpha value is -4.61. The van der Waals surface area contributed by atoms with Crippen LogP contribution in [0.25, 0.3) is 22.8 Å². The Kier molecular flexibility index (Phi) is 6.38. The molecule has 3 heterocycles. The number of nitrogens with zero attached hydrogens (tertiary/aromatic N) is 4. The molecule has 1 N–H and O–H groups in total. The summed E-state index contributed by atoms with van der Waals surface area (Å²) in [6.45, 7) is 1.82. The van der Waals surface area contributed by atoms with Crippen molar-refractivity contribution in [2.24, 2.45) is 0 Å². The van der Waals surface area contributed by atoms with Gasteiger partial charge in [-0.1, -0.05) is 17.3 Å². The van der Waals surface area contributed by atoms with Crippen LogP contribution in [0, 0.1) is 0 Å². The highest BCUT2D eigenvalue weighted by Gasteiger charge is 2.31. The van der Waals surface area contributed by atoms with Crippen LogP contribution in [-0.2, 0) is 11.3 Å². The van der Waals surface area contributed by atoms with E-state index in [1.54, 1.807) is 12.3 Å². The number of halogens is 3. The lowest BCUT2D eigenvalue weighted by atomic mass is 10.1. The molecular weight excluding hydrogens is 491 g/mol. The molecule has 1 aliphatic rings. The van der Waals surface area contributed by atoms with E-state index in [-0.39, 0.29) is 42.0 Å². The Labute approximate surface area is 208 Å². The number of piperazine rings is 1. The molecule has 9 nitrogen and oxygen atoms in total. The highest BCUT2D eigenvalue weighted by molar-refractivity contribution is 5.82. The zero-order valence-corrected chi connectivity index (χ0v) is 19.2. The summed E-state index contributed by atoms with van der Waals surface area (Å²) in [7, 11) is 0. The van der Waals surface area contributed by atoms with Crippen LogP contribution >= 0.6 is 0 Å². The Balaban J connectivity index is 1.34. The third-order valence-electron chi connectivity index (χ3n) is 5.67. The molecule has 0 radical (unpaired) electrons. The van der Waals surface area contributed by atoms with E-state index in [9.17, 15) is 22.8 Å². The highest BCUT2D eigenvalue weighted by atomic mass is 19.4. The van der Waals surface area contributed by atoms with E-state index in [2.05, 4.69) is 20.2 Å². The monoisotopic (exact) mass is 511 g/mol. The van der Waals surface area contributed by atoms with Gasteiger partial charge in [-0.3, -0.25) is 9.59 Å². The number of hydrogen-bond acceptors (Lipinski definition) is 7. The number of benzene rings is 2. The van der Waals surface area contributed by atoms with Gasteiger partial charge < -0.3 is 24.0 Å². The first-order valence-electron chi connectivity index (χ1n) is 11.2. The summed E-state index contributed by atoms with van der Waals surface area (Å²) in [4.78, 5) is 30.6. The second kappa shape index (κ2) is 9.80. The van der Waals surface area contributed by atoms with Crippen LogP contribution < -0.4 is 20.5 Å². The van der Waals surface area contributed by atoms with Crippen molar-refractivity contribution in [1.82, 2.24) is 20.0 Å². The van der Waals surface area contributed by atoms with Crippen molar-refractivity contribution >= 4 is 11.6 Å². The summed E-state index contributed by atoms with van der Waals surface area (Å²) < 4.78 is 47.8. The van der Waals surface area contributed by atoms with Gasteiger partial charge in [0.05, 0.1) is 18.7 Å². The van der Waals surface area contributed by atoms with Crippen LogP contribution in [0.4, 0.5) is 18.9 Å². The molecule has 0 saturated carbocycles. The smallest absolute Gasteiger partial charge is 0.406 e. The molecule has 0 bridgehead atoms. The number of anilines is 1. The van der Waals surface area contributed by atoms with Gasteiger partial charge in [0.1, 0.15) is 5.75 Å². The van der Waals surface area contributed by atoms with Gasteiger partial charge in [-0.25, -0.2) is 0 Å². The fourth-order valence-corrected chi connectivity index (χ4v) is 3.95. The van der Waals surface area contributed by atoms with Gasteiger partial charge in [0.15, 0.2) is 0 Å². The summed E-state index contributed by atoms with van der Waals surface area (Å²) in [5.74, 6) is -0.0817. The Bertz CT molecular complexity index is 1480. The molecule has 5 rings (SSSR count). The molecule has 1 fully saturated rings. The van der Waals surface area contributed by atoms with Gasteiger partial charge in [0.2, 0.25) is 11.7 Å². The third-order valence-corrected chi connectivity index (χ3v) is 5.67. The number of alkyl halides is 3. The van der Waals surface area contributed by atoms with Gasteiger partial charge in [-0.15, -0.1) is 13.2 Å². The Morgan fingerprint density at radius 3 is 2.57 bits per heavy atom. The molecule has 37 heavy (non-hydrogen) atoms. The van der Waals surface area contributed by atoms with Crippen molar-refractivity contribution in [3.8, 4) is 28.6 Å². The highest BCUT2D eigenvalue weighted by Crippen LogP contribution is 2.27. The zero-order valence-electron chi connectivity index (χ0n) is 19.2. The third kappa shape index (κ3) is 5.80. The van der Waals surface area contributed by atoms with Gasteiger partial charge in [-0.05, 0) is 48.0 Å². The number of amides is 1. The quantitative estimate of drug-likeness (QED) is 0.423. The fraction of sp³-hybridized carbons (Fsp3) is 0.200. The first-order valence-corrected chi connectivity index (χ1v) is 11.2. The van der Waals surface area contributed by atoms with Crippen LogP contribution in [0.5, 0.6) is 5.75 Å². The maximum Gasteiger partial charge on any atom is 0.573 e. The molecule has 1 saturated heterocycles. The Morgan fingerprint density at radius 1 is 1.03 bits per heavy atom. The van der Waals surface area contributed by atoms with E-state index in [1.807, 2.05) is 29.2 Å². The molecule has 0 aliphatic carbocycles. The van der Waals surface area contributed by atoms with Crippen molar-refractivity contribution in [3.05, 3.63) is 82.8 Å². The van der Waals surface area contributed by atoms with E-state index < -0.39 is 6.36 Å². The van der Waals surface area contributed by atoms with E-state index in [0.717, 1.165) is 23.4 Å². The molecule has 1 amide bonds. The summed E-state index contributed by atoms with van der Waals surface area (Å²) >= 11 is 0. The topological polar surface area (TPSA) is 102 Å². The minimum atomic E-state index is -4.78. The Morgan fingerprint density at radius 2 is 1.81 bits per heavy atom. The molecular formula is C25H20F3N5O4. The summed E-state index contributed by atoms with van der Waals surface area (Å²) in [6, 6.07) is 15.7. The van der Waals surface area contributed by atoms with Crippen LogP contribution in [-0.4, -0.2) is 46.6 Å². The predicted molar refractivity (Wildman–Crippen MR) is 127 cm³/mol. The van der Waals surface area contributed by atoms with Gasteiger partial charge in [0.25, 0.3) is 11.4 Å². The zero-order chi connectivity index (χ0) is 26.0. The standard InChI is InChI=1S/C25H20F3N5O4/c26-25(27,28)36-20-7-4-17(5-8-20)23-30-24(37-31-23)18-6-9-22(35)33(14-18)13-16-2-1-3-19(12-16)32-11-10-29-21(34)15-32/h1-9,12,14H,10-11,13,15H2,(H,29,34). The summed E-state index contributed by atoms with van der Waals surface area (Å²) in [6.07, 6.45) is -3.18. The molecule has 0 atom stereocenters. The molecule has 0 unspecified atom stereocenters. The number of carbonyl (C=O) groups excluding carboxylic acids is 1. The second-order valence-electron chi connectivity index (χ2n) is 8.32. The fourth-order valence-electron chi connectivity index (χ4n) is 3.95. The van der Waals surface area contributed by atoms with Crippen LogP contribution in [0.1, 0.15) is 5.56 Å². The molecule has 12 heteroatoms. The largest absolute Gasteiger partial charge is 0.573 e. The van der Waals surface area contributed by atoms with Gasteiger partial charge >= 0.3 is 6.36 Å². The minimum Gasteiger partial charge on any atom is -0.406 e. The minimum absolute atomic E-state index is 0.0370. The van der Waals surface area contributed by atoms with Gasteiger partial charge in [0, 0.05) is 36.6 Å². The number of ether oxygens (including phenoxy) is 1. The lowest BCUT2D eigenvalue weighted by Gasteiger charge is -2.29. The summed E-state index contributed by atoms with van der Waals surface area (Å²) in [5.41, 5.74) is 2.46. The maximum atomic E-state index is 12.5. The molecule has 4 aromatic rings. The lowest BCUT2D eigenvalue weighted by Crippen LogP contribution is -2.47. The summed E-state index contributed by atoms with van der Waals surface area (Å²) in [5, 5.41) is 6.69. The second-order valence-corrected chi connectivity index (χ2v) is 8.32. The van der Waals surface area contributed by atoms with E-state index in [0.29, 0.717) is 24.2 Å². The lowest BCUT2D eigenvalue weighted by molar-refractivity contribution is -0.274. The van der Waals surface area contributed by atoms with Crippen molar-refractivity contribution in [1.29, 1.82) is 0 Å². The van der Waals surface area contributed by atoms with E-state index >= 15 is 0 Å². The number of carbonyl (C=O) groups is 1. The number of pyridine rings is 1. The first-order chi connectivity index (χ1) is 17.7. The number of rotatable bonds is 6. The molecule has 2 aromatic heterocycles. The molecule has 1 aliphatic heterocycles. The van der Waals surface area contributed by atoms with Crippen molar-refractivity contribution in [2.45, 2.75) is 12.9 Å². The SMILES string of the molecule is O=C1CN(c2cccc(Cn3cc(-c4nc(-c5ccc(OC(F)(F)F)cc5)no4)ccc3=O)c2)CCN1. The van der Waals surface area contributed by atoms with E-state index in [4.69, 9.17) is 4.52 Å². The number of aromatic nitrogens is 3. The van der Waals surface area contributed by atoms with Crippen LogP contribution in [0.2, 0.25) is 0 Å². The van der Waals surface area contributed by atoms with Crippen molar-refractivity contribution in [2.75, 3.05) is 24.5 Å². The first kappa shape index (κ1) is 24.1. The van der Waals surface area contributed by atoms with Gasteiger partial charge in [-0.2, -0.15) is 4.98 Å². The van der Waals surface area contributed by atoms with Crippen LogP contribution in [0.15, 0.2) is 76.2 Å². The molecule has 190 valence electrons. The molecule has 2 aromatic carbocycles. The predicted octanol–water partition coefficient (Wildman–Crippen LogP) is 3.45. The van der Waals surface area contributed by atoms with Crippen molar-refractivity contribution in [3.63, 3.8) is 0 Å². The number of nitrogens with one attached hydrogen (secondary N) is 1. The number of hydrogen-bond donors (Lipinski definition) is 1. The average molecular weight is 511 g/mol. The maximum absolute atomic E-state index is 12.5. The van der Waals surface area contributed by atoms with Crippen molar-refractivity contribution < 1.29 is 27.2 Å². The average Bonchev–Trinajstić information content (AvgIpc) is 3.35. The van der Waals surface area contributed by atoms with E-state index in [1.165, 1.54) is 22.8 Å². The van der Waals surface area contributed by atoms with Crippen LogP contribution in [0.3, 0.4) is 0 Å². The molecule has 0 spiro atoms. The normalized spacial score (nSPS) is 13.9.